The molecule has 0 radical (unpaired) electrons. The molecule has 1 aromatic heterocycles. The third-order valence-corrected chi connectivity index (χ3v) is 6.28. The van der Waals surface area contributed by atoms with E-state index in [2.05, 4.69) is 10.6 Å². The van der Waals surface area contributed by atoms with E-state index in [-0.39, 0.29) is 11.8 Å². The van der Waals surface area contributed by atoms with Crippen LogP contribution in [-0.2, 0) is 11.3 Å². The molecule has 3 aromatic carbocycles. The van der Waals surface area contributed by atoms with Gasteiger partial charge in [-0.3, -0.25) is 4.79 Å². The van der Waals surface area contributed by atoms with Crippen LogP contribution >= 0.6 is 11.6 Å². The summed E-state index contributed by atoms with van der Waals surface area (Å²) in [6.07, 6.45) is 0.425. The summed E-state index contributed by atoms with van der Waals surface area (Å²) < 4.78 is 13.7. The van der Waals surface area contributed by atoms with Crippen molar-refractivity contribution in [3.8, 4) is 11.5 Å². The molecule has 1 aliphatic rings. The number of carbonyl (C=O) groups excluding carboxylic acids is 1. The van der Waals surface area contributed by atoms with E-state index in [1.807, 2.05) is 78.6 Å². The van der Waals surface area contributed by atoms with Gasteiger partial charge in [-0.2, -0.15) is 0 Å². The average molecular weight is 476 g/mol. The molecule has 1 fully saturated rings. The standard InChI is InChI=1S/C27H26ClN3O3/c1-2-33-22-13-9-21(10-14-22)31-18-19(17-26(31)32)27-29-24-5-3-4-6-25(24)30(27)15-16-34-23-11-7-20(28)8-12-23/h3-14,19H,2,15-18H2,1H3/t19-/m0/s1. The third kappa shape index (κ3) is 4.59. The molecule has 1 aliphatic heterocycles. The molecule has 4 aromatic rings. The summed E-state index contributed by atoms with van der Waals surface area (Å²) in [5, 5.41) is 0.679. The maximum Gasteiger partial charge on any atom is 0.227 e. The van der Waals surface area contributed by atoms with Gasteiger partial charge in [-0.15, -0.1) is 0 Å². The Kier molecular flexibility index (Phi) is 6.41. The second-order valence-electron chi connectivity index (χ2n) is 8.25. The fraction of sp³-hybridized carbons (Fsp3) is 0.259. The zero-order valence-electron chi connectivity index (χ0n) is 19.0. The summed E-state index contributed by atoms with van der Waals surface area (Å²) in [4.78, 5) is 19.7. The summed E-state index contributed by atoms with van der Waals surface area (Å²) in [7, 11) is 0. The smallest absolute Gasteiger partial charge is 0.227 e. The van der Waals surface area contributed by atoms with Crippen molar-refractivity contribution in [2.75, 3.05) is 24.7 Å². The Morgan fingerprint density at radius 2 is 1.68 bits per heavy atom. The minimum absolute atomic E-state index is 0.00185. The zero-order valence-corrected chi connectivity index (χ0v) is 19.7. The number of para-hydroxylation sites is 2. The zero-order chi connectivity index (χ0) is 23.5. The number of nitrogens with zero attached hydrogens (tertiary/aromatic N) is 3. The van der Waals surface area contributed by atoms with Crippen molar-refractivity contribution in [3.63, 3.8) is 0 Å². The molecule has 2 heterocycles. The summed E-state index contributed by atoms with van der Waals surface area (Å²) in [6, 6.07) is 23.1. The summed E-state index contributed by atoms with van der Waals surface area (Å²) in [5.41, 5.74) is 2.85. The first-order chi connectivity index (χ1) is 16.6. The lowest BCUT2D eigenvalue weighted by atomic mass is 10.1. The van der Waals surface area contributed by atoms with Gasteiger partial charge in [0.15, 0.2) is 0 Å². The molecule has 34 heavy (non-hydrogen) atoms. The number of rotatable bonds is 8. The molecule has 0 aliphatic carbocycles. The number of ether oxygens (including phenoxy) is 2. The molecule has 0 saturated carbocycles. The molecular formula is C27H26ClN3O3. The number of fused-ring (bicyclic) bond motifs is 1. The maximum absolute atomic E-state index is 12.9. The molecule has 1 amide bonds. The third-order valence-electron chi connectivity index (χ3n) is 6.03. The fourth-order valence-electron chi connectivity index (χ4n) is 4.45. The van der Waals surface area contributed by atoms with Crippen molar-refractivity contribution in [1.29, 1.82) is 0 Å². The van der Waals surface area contributed by atoms with Crippen molar-refractivity contribution in [1.82, 2.24) is 9.55 Å². The minimum Gasteiger partial charge on any atom is -0.494 e. The van der Waals surface area contributed by atoms with E-state index in [1.165, 1.54) is 0 Å². The molecular weight excluding hydrogens is 450 g/mol. The first kappa shape index (κ1) is 22.3. The highest BCUT2D eigenvalue weighted by Crippen LogP contribution is 2.34. The molecule has 7 heteroatoms. The Bertz CT molecular complexity index is 1280. The van der Waals surface area contributed by atoms with Crippen LogP contribution in [0.1, 0.15) is 25.1 Å². The van der Waals surface area contributed by atoms with Crippen LogP contribution in [0.3, 0.4) is 0 Å². The lowest BCUT2D eigenvalue weighted by molar-refractivity contribution is -0.117. The van der Waals surface area contributed by atoms with E-state index in [0.29, 0.717) is 37.7 Å². The molecule has 0 N–H and O–H groups in total. The van der Waals surface area contributed by atoms with Crippen molar-refractivity contribution >= 4 is 34.2 Å². The molecule has 5 rings (SSSR count). The van der Waals surface area contributed by atoms with E-state index in [9.17, 15) is 4.79 Å². The number of carbonyl (C=O) groups is 1. The van der Waals surface area contributed by atoms with Crippen LogP contribution in [0.4, 0.5) is 5.69 Å². The van der Waals surface area contributed by atoms with Gasteiger partial charge in [-0.05, 0) is 67.6 Å². The Labute approximate surface area is 203 Å². The summed E-state index contributed by atoms with van der Waals surface area (Å²) >= 11 is 5.97. The van der Waals surface area contributed by atoms with Gasteiger partial charge in [-0.25, -0.2) is 4.98 Å². The van der Waals surface area contributed by atoms with Crippen molar-refractivity contribution in [3.05, 3.63) is 83.6 Å². The number of anilines is 1. The highest BCUT2D eigenvalue weighted by atomic mass is 35.5. The molecule has 6 nitrogen and oxygen atoms in total. The predicted molar refractivity (Wildman–Crippen MR) is 134 cm³/mol. The number of amides is 1. The highest BCUT2D eigenvalue weighted by Gasteiger charge is 2.34. The maximum atomic E-state index is 12.9. The number of aromatic nitrogens is 2. The molecule has 0 unspecified atom stereocenters. The Balaban J connectivity index is 1.36. The second-order valence-corrected chi connectivity index (χ2v) is 8.68. The van der Waals surface area contributed by atoms with Gasteiger partial charge < -0.3 is 18.9 Å². The Morgan fingerprint density at radius 1 is 0.971 bits per heavy atom. The Morgan fingerprint density at radius 3 is 2.44 bits per heavy atom. The molecule has 1 atom stereocenters. The van der Waals surface area contributed by atoms with Gasteiger partial charge in [0.2, 0.25) is 5.91 Å². The van der Waals surface area contributed by atoms with Crippen LogP contribution in [0.2, 0.25) is 5.02 Å². The lowest BCUT2D eigenvalue weighted by Gasteiger charge is -2.18. The normalized spacial score (nSPS) is 15.8. The lowest BCUT2D eigenvalue weighted by Crippen LogP contribution is -2.24. The van der Waals surface area contributed by atoms with Gasteiger partial charge >= 0.3 is 0 Å². The average Bonchev–Trinajstić information content (AvgIpc) is 3.42. The summed E-state index contributed by atoms with van der Waals surface area (Å²) in [6.45, 7) is 4.27. The SMILES string of the molecule is CCOc1ccc(N2C[C@@H](c3nc4ccccc4n3CCOc3ccc(Cl)cc3)CC2=O)cc1. The molecule has 0 spiro atoms. The quantitative estimate of drug-likeness (QED) is 0.328. The number of benzene rings is 3. The molecule has 174 valence electrons. The van der Waals surface area contributed by atoms with Crippen LogP contribution < -0.4 is 14.4 Å². The van der Waals surface area contributed by atoms with Crippen molar-refractivity contribution < 1.29 is 14.3 Å². The topological polar surface area (TPSA) is 56.6 Å². The monoisotopic (exact) mass is 475 g/mol. The van der Waals surface area contributed by atoms with E-state index < -0.39 is 0 Å². The van der Waals surface area contributed by atoms with Crippen LogP contribution in [0, 0.1) is 0 Å². The first-order valence-corrected chi connectivity index (χ1v) is 11.9. The fourth-order valence-corrected chi connectivity index (χ4v) is 4.57. The van der Waals surface area contributed by atoms with Crippen molar-refractivity contribution in [2.45, 2.75) is 25.8 Å². The van der Waals surface area contributed by atoms with Gasteiger partial charge in [0.05, 0.1) is 24.2 Å². The predicted octanol–water partition coefficient (Wildman–Crippen LogP) is 5.69. The number of halogens is 1. The second kappa shape index (κ2) is 9.77. The highest BCUT2D eigenvalue weighted by molar-refractivity contribution is 6.30. The van der Waals surface area contributed by atoms with Crippen LogP contribution in [0.25, 0.3) is 11.0 Å². The number of imidazole rings is 1. The molecule has 0 bridgehead atoms. The minimum atomic E-state index is 0.00185. The first-order valence-electron chi connectivity index (χ1n) is 11.5. The van der Waals surface area contributed by atoms with E-state index >= 15 is 0 Å². The molecule has 1 saturated heterocycles. The number of hydrogen-bond donors (Lipinski definition) is 0. The van der Waals surface area contributed by atoms with Crippen molar-refractivity contribution in [2.24, 2.45) is 0 Å². The van der Waals surface area contributed by atoms with Gasteiger partial charge in [0.1, 0.15) is 23.9 Å². The van der Waals surface area contributed by atoms with Gasteiger partial charge in [-0.1, -0.05) is 23.7 Å². The van der Waals surface area contributed by atoms with Gasteiger partial charge in [0, 0.05) is 29.6 Å². The van der Waals surface area contributed by atoms with E-state index in [1.54, 1.807) is 0 Å². The van der Waals surface area contributed by atoms with Crippen LogP contribution in [0.5, 0.6) is 11.5 Å². The largest absolute Gasteiger partial charge is 0.494 e. The van der Waals surface area contributed by atoms with E-state index in [0.717, 1.165) is 34.0 Å². The number of hydrogen-bond acceptors (Lipinski definition) is 4. The van der Waals surface area contributed by atoms with E-state index in [4.69, 9.17) is 26.1 Å². The van der Waals surface area contributed by atoms with Gasteiger partial charge in [0.25, 0.3) is 0 Å². The Hall–Kier alpha value is -3.51. The van der Waals surface area contributed by atoms with Crippen LogP contribution in [-0.4, -0.2) is 35.2 Å². The summed E-state index contributed by atoms with van der Waals surface area (Å²) in [5.74, 6) is 2.60. The van der Waals surface area contributed by atoms with Crippen LogP contribution in [0.15, 0.2) is 72.8 Å².